The fourth-order valence-electron chi connectivity index (χ4n) is 12.1. The summed E-state index contributed by atoms with van der Waals surface area (Å²) in [6.45, 7) is 19.6. The fourth-order valence-corrected chi connectivity index (χ4v) is 12.8. The van der Waals surface area contributed by atoms with E-state index < -0.39 is 108 Å². The number of benzene rings is 2. The van der Waals surface area contributed by atoms with Crippen molar-refractivity contribution in [3.63, 3.8) is 0 Å². The van der Waals surface area contributed by atoms with E-state index in [2.05, 4.69) is 41.7 Å². The molecule has 0 bridgehead atoms. The first-order valence-corrected chi connectivity index (χ1v) is 35.9. The Labute approximate surface area is 599 Å². The van der Waals surface area contributed by atoms with Crippen LogP contribution in [0, 0.1) is 29.6 Å². The van der Waals surface area contributed by atoms with Gasteiger partial charge in [0.25, 0.3) is 0 Å². The van der Waals surface area contributed by atoms with Crippen LogP contribution in [-0.4, -0.2) is 222 Å². The number of rotatable bonds is 48. The number of hydrogen-bond acceptors (Lipinski definition) is 20. The Morgan fingerprint density at radius 3 is 1.87 bits per heavy atom. The molecule has 2 unspecified atom stereocenters. The Hall–Kier alpha value is -7.42. The van der Waals surface area contributed by atoms with E-state index in [1.54, 1.807) is 82.1 Å². The summed E-state index contributed by atoms with van der Waals surface area (Å²) in [5.41, 5.74) is 7.19. The molecule has 11 atom stereocenters. The summed E-state index contributed by atoms with van der Waals surface area (Å²) in [5.74, 6) is -0.136. The van der Waals surface area contributed by atoms with Gasteiger partial charge in [-0.25, -0.2) is 20.5 Å². The summed E-state index contributed by atoms with van der Waals surface area (Å²) in [6, 6.07) is 9.90. The summed E-state index contributed by atoms with van der Waals surface area (Å²) in [6.07, 6.45) is 2.23. The number of urea groups is 1. The predicted molar refractivity (Wildman–Crippen MR) is 381 cm³/mol. The van der Waals surface area contributed by atoms with Gasteiger partial charge in [0.1, 0.15) is 35.8 Å². The van der Waals surface area contributed by atoms with E-state index in [1.165, 1.54) is 30.4 Å². The number of nitrogens with zero attached hydrogens (tertiary/aromatic N) is 4. The molecule has 1 saturated heterocycles. The monoisotopic (exact) mass is 1440 g/mol. The zero-order valence-corrected chi connectivity index (χ0v) is 62.2. The molecule has 0 radical (unpaired) electrons. The molecular formula is C71H114N12O17S. The number of carbonyl (C=O) groups is 9. The maximum Gasteiger partial charge on any atom is 0.410 e. The van der Waals surface area contributed by atoms with Crippen LogP contribution in [0.1, 0.15) is 129 Å². The van der Waals surface area contributed by atoms with Crippen LogP contribution in [0.4, 0.5) is 15.3 Å². The molecule has 30 heteroatoms. The lowest BCUT2D eigenvalue weighted by molar-refractivity contribution is -0.148. The zero-order valence-electron chi connectivity index (χ0n) is 61.4. The third-order valence-electron chi connectivity index (χ3n) is 17.8. The van der Waals surface area contributed by atoms with Crippen molar-refractivity contribution in [1.29, 1.82) is 0 Å². The number of carbonyl (C=O) groups excluding carboxylic acids is 9. The maximum absolute atomic E-state index is 14.9. The van der Waals surface area contributed by atoms with Crippen molar-refractivity contribution in [2.45, 2.75) is 175 Å². The number of ether oxygens (including phenoxy) is 7. The molecule has 0 saturated carbocycles. The average molecular weight is 1440 g/mol. The van der Waals surface area contributed by atoms with Gasteiger partial charge in [0, 0.05) is 65.1 Å². The van der Waals surface area contributed by atoms with Crippen LogP contribution in [-0.2, 0) is 84.6 Å². The second-order valence-corrected chi connectivity index (χ2v) is 27.3. The number of hydrogen-bond donors (Lipinski definition) is 8. The second kappa shape index (κ2) is 46.2. The first-order valence-electron chi connectivity index (χ1n) is 35.0. The lowest BCUT2D eigenvalue weighted by atomic mass is 9.89. The van der Waals surface area contributed by atoms with Gasteiger partial charge in [-0.05, 0) is 79.0 Å². The molecule has 1 aliphatic rings. The molecule has 4 rings (SSSR count). The minimum absolute atomic E-state index is 0.0395. The van der Waals surface area contributed by atoms with Crippen molar-refractivity contribution in [1.82, 2.24) is 46.3 Å². The highest BCUT2D eigenvalue weighted by Gasteiger charge is 2.44. The lowest BCUT2D eigenvalue weighted by Gasteiger charge is -2.41. The molecule has 101 heavy (non-hydrogen) atoms. The van der Waals surface area contributed by atoms with Crippen LogP contribution in [0.3, 0.4) is 0 Å². The molecule has 1 aliphatic heterocycles. The molecule has 1 fully saturated rings. The largest absolute Gasteiger partial charge is 0.445 e. The van der Waals surface area contributed by atoms with Gasteiger partial charge in [0.05, 0.1) is 102 Å². The Kier molecular flexibility index (Phi) is 39.4. The van der Waals surface area contributed by atoms with Crippen molar-refractivity contribution in [2.24, 2.45) is 41.2 Å². The van der Waals surface area contributed by atoms with Crippen molar-refractivity contribution >= 4 is 70.5 Å². The minimum atomic E-state index is -1.11. The topological polar surface area (TPSA) is 374 Å². The zero-order chi connectivity index (χ0) is 74.6. The highest BCUT2D eigenvalue weighted by atomic mass is 32.1. The molecule has 0 aliphatic carbocycles. The van der Waals surface area contributed by atoms with Crippen molar-refractivity contribution in [2.75, 3.05) is 106 Å². The Balaban J connectivity index is 1.35. The lowest BCUT2D eigenvalue weighted by Crippen LogP contribution is -2.60. The number of likely N-dealkylation sites (N-methyl/N-ethyl adjacent to an activating group) is 2. The second-order valence-electron chi connectivity index (χ2n) is 26.3. The number of likely N-dealkylation sites (tertiary alicyclic amines) is 1. The Bertz CT molecular complexity index is 2970. The van der Waals surface area contributed by atoms with E-state index in [-0.39, 0.29) is 88.3 Å². The Morgan fingerprint density at radius 1 is 0.693 bits per heavy atom. The van der Waals surface area contributed by atoms with Crippen LogP contribution in [0.25, 0.3) is 0 Å². The van der Waals surface area contributed by atoms with Crippen molar-refractivity contribution < 1.29 is 81.1 Å². The summed E-state index contributed by atoms with van der Waals surface area (Å²) in [4.78, 5) is 137. The number of aromatic nitrogens is 1. The number of primary amides is 1. The summed E-state index contributed by atoms with van der Waals surface area (Å²) in [7, 11) is 6.17. The molecule has 0 spiro atoms. The summed E-state index contributed by atoms with van der Waals surface area (Å²) < 4.78 is 39.6. The molecule has 10 N–H and O–H groups in total. The highest BCUT2D eigenvalue weighted by molar-refractivity contribution is 7.09. The standard InChI is InChI=1S/C71H114N12O17S/c1-14-48(8)62(56(93-12)43-58(85)83-31-19-23-55(83)63(94-13)49(9)64(86)78-54(68-74-30-41-101-68)42-50-20-16-15-17-21-50)81(10)69(90)60(46(4)5)80-67(89)61(47(6)7)82(11)71(92)99-44-51-24-26-52(27-25-51)76-65(87)53(22-18-29-75-70(72)91)77-66(88)59(45(2)3)79-57(84)28-32-95-33-34-96-35-36-97-37-38-98-39-40-100-73/h15-17,20-21,24-27,30,41,45-49,53-56,59-63H,14,18-19,22-23,28-29,31-40,42-44,73H2,1-13H3,(H,76,87)(H,77,88)(H,78,86)(H,79,84)(H,80,89)(H3,72,75,91)/t48-,49+,53-,54-,55-,56+,59?,60-,61?,62-,63+/m0/s1. The van der Waals surface area contributed by atoms with Gasteiger partial charge in [0.15, 0.2) is 0 Å². The molecule has 10 amide bonds. The van der Waals surface area contributed by atoms with Gasteiger partial charge in [-0.1, -0.05) is 111 Å². The third kappa shape index (κ3) is 29.1. The van der Waals surface area contributed by atoms with Gasteiger partial charge in [-0.2, -0.15) is 0 Å². The first-order chi connectivity index (χ1) is 48.3. The number of anilines is 1. The normalized spacial score (nSPS) is 16.0. The summed E-state index contributed by atoms with van der Waals surface area (Å²) >= 11 is 1.47. The maximum atomic E-state index is 14.9. The SMILES string of the molecule is CC[C@H](C)[C@@H]([C@@H](CC(=O)N1CCC[C@H]1[C@H](OC)[C@@H](C)C(=O)N[C@@H](Cc1ccccc1)c1nccs1)OC)N(C)C(=O)[C@@H](NC(=O)C(C(C)C)N(C)C(=O)OCc1ccc(NC(=O)[C@H](CCCNC(N)=O)NC(=O)C(NC(=O)CCOCCOCCOCCOCCON)C(C)C)cc1)C(C)C. The Morgan fingerprint density at radius 2 is 1.32 bits per heavy atom. The van der Waals surface area contributed by atoms with Gasteiger partial charge >= 0.3 is 12.1 Å². The van der Waals surface area contributed by atoms with E-state index >= 15 is 0 Å². The fraction of sp³-hybridized carbons (Fsp3) is 0.662. The van der Waals surface area contributed by atoms with Crippen LogP contribution < -0.4 is 43.5 Å². The average Bonchev–Trinajstić information content (AvgIpc) is 1.40. The predicted octanol–water partition coefficient (Wildman–Crippen LogP) is 5.26. The smallest absolute Gasteiger partial charge is 0.410 e. The number of nitrogens with two attached hydrogens (primary N) is 2. The molecule has 3 aromatic rings. The molecule has 1 aromatic heterocycles. The van der Waals surface area contributed by atoms with E-state index in [9.17, 15) is 43.2 Å². The van der Waals surface area contributed by atoms with Gasteiger partial charge in [-0.15, -0.1) is 11.3 Å². The van der Waals surface area contributed by atoms with E-state index in [4.69, 9.17) is 44.8 Å². The van der Waals surface area contributed by atoms with E-state index in [0.717, 1.165) is 10.6 Å². The van der Waals surface area contributed by atoms with Crippen molar-refractivity contribution in [3.05, 3.63) is 82.3 Å². The number of nitrogens with one attached hydrogen (secondary N) is 6. The van der Waals surface area contributed by atoms with Crippen LogP contribution in [0.5, 0.6) is 0 Å². The van der Waals surface area contributed by atoms with E-state index in [1.807, 2.05) is 70.3 Å². The molecule has 566 valence electrons. The summed E-state index contributed by atoms with van der Waals surface area (Å²) in [5, 5.41) is 19.6. The van der Waals surface area contributed by atoms with Gasteiger partial charge in [0.2, 0.25) is 41.4 Å². The third-order valence-corrected chi connectivity index (χ3v) is 18.7. The molecule has 29 nitrogen and oxygen atoms in total. The molecular weight excluding hydrogens is 1320 g/mol. The van der Waals surface area contributed by atoms with Crippen LogP contribution in [0.15, 0.2) is 66.2 Å². The molecule has 2 aromatic carbocycles. The first kappa shape index (κ1) is 86.0. The number of thiazole rings is 1. The van der Waals surface area contributed by atoms with E-state index in [0.29, 0.717) is 83.1 Å². The number of methoxy groups -OCH3 is 2. The quantitative estimate of drug-likeness (QED) is 0.0264. The van der Waals surface area contributed by atoms with Gasteiger partial charge in [-0.3, -0.25) is 38.5 Å². The van der Waals surface area contributed by atoms with Crippen LogP contribution >= 0.6 is 11.3 Å². The van der Waals surface area contributed by atoms with Crippen LogP contribution in [0.2, 0.25) is 0 Å². The highest BCUT2D eigenvalue weighted by Crippen LogP contribution is 2.31. The van der Waals surface area contributed by atoms with Crippen molar-refractivity contribution in [3.8, 4) is 0 Å². The minimum Gasteiger partial charge on any atom is -0.445 e. The number of amides is 10. The van der Waals surface area contributed by atoms with Gasteiger partial charge < -0.3 is 85.4 Å². The molecule has 2 heterocycles.